The van der Waals surface area contributed by atoms with Crippen molar-refractivity contribution in [3.8, 4) is 0 Å². The molecule has 1 aliphatic rings. The molecule has 7 heteroatoms. The van der Waals surface area contributed by atoms with Crippen LogP contribution < -0.4 is 0 Å². The Hall–Kier alpha value is -2.80. The van der Waals surface area contributed by atoms with E-state index < -0.39 is 10.9 Å². The Labute approximate surface area is 139 Å². The topological polar surface area (TPSA) is 81.8 Å². The van der Waals surface area contributed by atoms with Gasteiger partial charge in [0, 0.05) is 22.2 Å². The summed E-state index contributed by atoms with van der Waals surface area (Å²) in [4.78, 5) is 26.3. The largest absolute Gasteiger partial charge is 0.402 e. The van der Waals surface area contributed by atoms with Crippen molar-refractivity contribution in [1.29, 1.82) is 0 Å². The maximum Gasteiger partial charge on any atom is 0.363 e. The van der Waals surface area contributed by atoms with Crippen LogP contribution in [0.2, 0.25) is 0 Å². The van der Waals surface area contributed by atoms with Crippen LogP contribution in [0.15, 0.2) is 63.7 Å². The third-order valence-corrected chi connectivity index (χ3v) is 3.62. The van der Waals surface area contributed by atoms with Crippen molar-refractivity contribution < 1.29 is 14.5 Å². The fraction of sp³-hybridized carbons (Fsp3) is 0. The number of nitro benzene ring substituents is 1. The average Bonchev–Trinajstić information content (AvgIpc) is 2.89. The highest BCUT2D eigenvalue weighted by molar-refractivity contribution is 9.10. The van der Waals surface area contributed by atoms with E-state index >= 15 is 0 Å². The summed E-state index contributed by atoms with van der Waals surface area (Å²) in [5.41, 5.74) is 1.22. The fourth-order valence-electron chi connectivity index (χ4n) is 2.01. The van der Waals surface area contributed by atoms with Gasteiger partial charge in [-0.15, -0.1) is 0 Å². The number of rotatable bonds is 3. The first-order chi connectivity index (χ1) is 11.0. The second kappa shape index (κ2) is 6.13. The number of ether oxygens (including phenoxy) is 1. The molecule has 1 heterocycles. The molecular formula is C16H9BrN2O4. The number of esters is 1. The quantitative estimate of drug-likeness (QED) is 0.356. The molecule has 0 fully saturated rings. The number of halogens is 1. The fourth-order valence-corrected chi connectivity index (χ4v) is 2.28. The second-order valence-corrected chi connectivity index (χ2v) is 5.61. The number of hydrogen-bond donors (Lipinski definition) is 0. The summed E-state index contributed by atoms with van der Waals surface area (Å²) in [5.74, 6) is -0.381. The first-order valence-corrected chi connectivity index (χ1v) is 7.35. The van der Waals surface area contributed by atoms with E-state index in [0.29, 0.717) is 11.1 Å². The lowest BCUT2D eigenvalue weighted by atomic mass is 10.1. The van der Waals surface area contributed by atoms with Gasteiger partial charge < -0.3 is 4.74 Å². The number of hydrogen-bond acceptors (Lipinski definition) is 5. The average molecular weight is 373 g/mol. The molecule has 3 rings (SSSR count). The highest BCUT2D eigenvalue weighted by Gasteiger charge is 2.24. The zero-order valence-electron chi connectivity index (χ0n) is 11.6. The van der Waals surface area contributed by atoms with Gasteiger partial charge in [0.05, 0.1) is 4.92 Å². The molecule has 0 amide bonds. The molecule has 2 aromatic carbocycles. The monoisotopic (exact) mass is 372 g/mol. The lowest BCUT2D eigenvalue weighted by Crippen LogP contribution is -2.05. The molecule has 0 bridgehead atoms. The van der Waals surface area contributed by atoms with Gasteiger partial charge in [-0.1, -0.05) is 28.1 Å². The van der Waals surface area contributed by atoms with Gasteiger partial charge in [-0.3, -0.25) is 10.1 Å². The molecule has 0 spiro atoms. The minimum Gasteiger partial charge on any atom is -0.402 e. The molecule has 0 atom stereocenters. The van der Waals surface area contributed by atoms with E-state index in [1.54, 1.807) is 24.3 Å². The lowest BCUT2D eigenvalue weighted by molar-refractivity contribution is -0.384. The summed E-state index contributed by atoms with van der Waals surface area (Å²) >= 11 is 3.33. The van der Waals surface area contributed by atoms with Gasteiger partial charge in [0.25, 0.3) is 5.69 Å². The molecule has 0 aromatic heterocycles. The Kier molecular flexibility index (Phi) is 4.03. The lowest BCUT2D eigenvalue weighted by Gasteiger charge is -1.98. The number of aliphatic imine (C=N–C) groups is 1. The summed E-state index contributed by atoms with van der Waals surface area (Å²) in [7, 11) is 0. The van der Waals surface area contributed by atoms with Crippen LogP contribution >= 0.6 is 15.9 Å². The Bertz CT molecular complexity index is 857. The normalized spacial score (nSPS) is 15.4. The molecule has 0 aliphatic carbocycles. The zero-order valence-corrected chi connectivity index (χ0v) is 13.2. The molecule has 23 heavy (non-hydrogen) atoms. The molecule has 0 saturated carbocycles. The Morgan fingerprint density at radius 2 is 1.91 bits per heavy atom. The van der Waals surface area contributed by atoms with Crippen LogP contribution in [0.4, 0.5) is 5.69 Å². The number of carbonyl (C=O) groups excluding carboxylic acids is 1. The van der Waals surface area contributed by atoms with Gasteiger partial charge in [-0.2, -0.15) is 0 Å². The van der Waals surface area contributed by atoms with Gasteiger partial charge in [-0.25, -0.2) is 9.79 Å². The number of nitrogens with zero attached hydrogens (tertiary/aromatic N) is 2. The van der Waals surface area contributed by atoms with Crippen LogP contribution in [0, 0.1) is 10.1 Å². The maximum absolute atomic E-state index is 11.9. The molecule has 0 unspecified atom stereocenters. The van der Waals surface area contributed by atoms with Crippen LogP contribution in [0.25, 0.3) is 6.08 Å². The Morgan fingerprint density at radius 1 is 1.17 bits per heavy atom. The molecule has 0 radical (unpaired) electrons. The van der Waals surface area contributed by atoms with Crippen molar-refractivity contribution in [2.24, 2.45) is 4.99 Å². The van der Waals surface area contributed by atoms with Gasteiger partial charge in [-0.05, 0) is 35.9 Å². The summed E-state index contributed by atoms with van der Waals surface area (Å²) in [6.45, 7) is 0. The molecule has 1 aliphatic heterocycles. The standard InChI is InChI=1S/C16H9BrN2O4/c17-12-6-4-11(5-7-12)15-18-14(16(20)23-15)9-10-2-1-3-13(8-10)19(21)22/h1-9H/b14-9-. The van der Waals surface area contributed by atoms with Gasteiger partial charge in [0.1, 0.15) is 0 Å². The summed E-state index contributed by atoms with van der Waals surface area (Å²) < 4.78 is 6.04. The van der Waals surface area contributed by atoms with E-state index in [0.717, 1.165) is 4.47 Å². The SMILES string of the molecule is O=C1OC(c2ccc(Br)cc2)=N/C1=C\c1cccc([N+](=O)[O-])c1. The number of non-ortho nitro benzene ring substituents is 1. The molecule has 0 saturated heterocycles. The van der Waals surface area contributed by atoms with E-state index in [1.807, 2.05) is 12.1 Å². The van der Waals surface area contributed by atoms with Crippen molar-refractivity contribution in [2.45, 2.75) is 0 Å². The third kappa shape index (κ3) is 3.35. The number of benzene rings is 2. The van der Waals surface area contributed by atoms with E-state index in [2.05, 4.69) is 20.9 Å². The van der Waals surface area contributed by atoms with Crippen LogP contribution in [0.1, 0.15) is 11.1 Å². The van der Waals surface area contributed by atoms with Crippen molar-refractivity contribution in [2.75, 3.05) is 0 Å². The van der Waals surface area contributed by atoms with Crippen molar-refractivity contribution in [3.63, 3.8) is 0 Å². The van der Waals surface area contributed by atoms with Crippen LogP contribution in [-0.2, 0) is 9.53 Å². The molecule has 6 nitrogen and oxygen atoms in total. The third-order valence-electron chi connectivity index (χ3n) is 3.10. The summed E-state index contributed by atoms with van der Waals surface area (Å²) in [6, 6.07) is 13.1. The smallest absolute Gasteiger partial charge is 0.363 e. The number of carbonyl (C=O) groups is 1. The van der Waals surface area contributed by atoms with Gasteiger partial charge in [0.15, 0.2) is 5.70 Å². The van der Waals surface area contributed by atoms with E-state index in [1.165, 1.54) is 18.2 Å². The minimum absolute atomic E-state index is 0.0529. The number of nitro groups is 1. The van der Waals surface area contributed by atoms with Crippen molar-refractivity contribution in [1.82, 2.24) is 0 Å². The van der Waals surface area contributed by atoms with Crippen molar-refractivity contribution in [3.05, 3.63) is 79.9 Å². The molecule has 0 N–H and O–H groups in total. The first kappa shape index (κ1) is 15.1. The maximum atomic E-state index is 11.9. The van der Waals surface area contributed by atoms with Crippen LogP contribution in [0.3, 0.4) is 0 Å². The summed E-state index contributed by atoms with van der Waals surface area (Å²) in [6.07, 6.45) is 1.46. The Balaban J connectivity index is 1.93. The molecule has 114 valence electrons. The predicted molar refractivity (Wildman–Crippen MR) is 87.8 cm³/mol. The predicted octanol–water partition coefficient (Wildman–Crippen LogP) is 3.70. The second-order valence-electron chi connectivity index (χ2n) is 4.70. The highest BCUT2D eigenvalue weighted by atomic mass is 79.9. The zero-order chi connectivity index (χ0) is 16.4. The first-order valence-electron chi connectivity index (χ1n) is 6.56. The minimum atomic E-state index is -0.588. The van der Waals surface area contributed by atoms with Crippen LogP contribution in [-0.4, -0.2) is 16.8 Å². The van der Waals surface area contributed by atoms with E-state index in [-0.39, 0.29) is 17.3 Å². The summed E-state index contributed by atoms with van der Waals surface area (Å²) in [5, 5.41) is 10.8. The van der Waals surface area contributed by atoms with E-state index in [9.17, 15) is 14.9 Å². The van der Waals surface area contributed by atoms with Gasteiger partial charge in [0.2, 0.25) is 5.90 Å². The van der Waals surface area contributed by atoms with Gasteiger partial charge >= 0.3 is 5.97 Å². The molecule has 2 aromatic rings. The number of cyclic esters (lactones) is 1. The van der Waals surface area contributed by atoms with Crippen LogP contribution in [0.5, 0.6) is 0 Å². The Morgan fingerprint density at radius 3 is 2.61 bits per heavy atom. The van der Waals surface area contributed by atoms with Crippen molar-refractivity contribution >= 4 is 39.6 Å². The molecular weight excluding hydrogens is 364 g/mol. The highest BCUT2D eigenvalue weighted by Crippen LogP contribution is 2.22. The van der Waals surface area contributed by atoms with E-state index in [4.69, 9.17) is 4.74 Å².